The van der Waals surface area contributed by atoms with Crippen molar-refractivity contribution in [1.82, 2.24) is 15.8 Å². The number of methoxy groups -OCH3 is 1. The molecule has 31 heavy (non-hydrogen) atoms. The van der Waals surface area contributed by atoms with Crippen LogP contribution >= 0.6 is 0 Å². The number of carbonyl (C=O) groups is 1. The lowest BCUT2D eigenvalue weighted by Crippen LogP contribution is -2.36. The van der Waals surface area contributed by atoms with Crippen molar-refractivity contribution in [2.75, 3.05) is 7.11 Å². The first kappa shape index (κ1) is 20.1. The fourth-order valence-corrected chi connectivity index (χ4v) is 3.21. The molecule has 0 bridgehead atoms. The first-order valence-electron chi connectivity index (χ1n) is 9.60. The van der Waals surface area contributed by atoms with Crippen LogP contribution in [-0.4, -0.2) is 18.0 Å². The van der Waals surface area contributed by atoms with Crippen molar-refractivity contribution in [2.45, 2.75) is 0 Å². The molecular formula is C25H20FN3O2. The van der Waals surface area contributed by atoms with Gasteiger partial charge in [0.2, 0.25) is 0 Å². The predicted molar refractivity (Wildman–Crippen MR) is 120 cm³/mol. The number of ether oxygens (including phenoxy) is 1. The lowest BCUT2D eigenvalue weighted by molar-refractivity contribution is 0.0944. The molecule has 0 spiro atoms. The summed E-state index contributed by atoms with van der Waals surface area (Å²) in [5.41, 5.74) is 9.26. The average molecular weight is 413 g/mol. The minimum atomic E-state index is -0.342. The number of hydrazine groups is 1. The zero-order valence-electron chi connectivity index (χ0n) is 16.9. The van der Waals surface area contributed by atoms with Crippen LogP contribution in [0.2, 0.25) is 0 Å². The molecule has 0 atom stereocenters. The summed E-state index contributed by atoms with van der Waals surface area (Å²) in [6.45, 7) is 3.97. The summed E-state index contributed by atoms with van der Waals surface area (Å²) in [5, 5.41) is 0.708. The Bertz CT molecular complexity index is 1270. The summed E-state index contributed by atoms with van der Waals surface area (Å²) < 4.78 is 18.5. The van der Waals surface area contributed by atoms with Gasteiger partial charge in [-0.3, -0.25) is 15.6 Å². The molecule has 0 fully saturated rings. The number of pyridine rings is 1. The molecule has 0 radical (unpaired) electrons. The maximum Gasteiger partial charge on any atom is 0.270 e. The fourth-order valence-electron chi connectivity index (χ4n) is 3.21. The summed E-state index contributed by atoms with van der Waals surface area (Å²) in [4.78, 5) is 17.7. The number of amides is 1. The topological polar surface area (TPSA) is 63.2 Å². The molecule has 1 aromatic heterocycles. The standard InChI is InChI=1S/C25H20FN3O2/c1-16(18-6-5-7-20(14-18)31-2)28-29-25(30)22-15-24(17-10-12-19(26)13-11-17)27-23-9-4-3-8-21(22)23/h3-15,28H,1H2,2H3,(H,29,30). The monoisotopic (exact) mass is 413 g/mol. The number of carbonyl (C=O) groups excluding carboxylic acids is 1. The maximum atomic E-state index is 13.3. The maximum absolute atomic E-state index is 13.3. The summed E-state index contributed by atoms with van der Waals surface area (Å²) >= 11 is 0. The van der Waals surface area contributed by atoms with Crippen LogP contribution in [0.3, 0.4) is 0 Å². The van der Waals surface area contributed by atoms with Crippen molar-refractivity contribution in [3.8, 4) is 17.0 Å². The van der Waals surface area contributed by atoms with Crippen LogP contribution in [0.4, 0.5) is 4.39 Å². The van der Waals surface area contributed by atoms with E-state index in [0.29, 0.717) is 33.6 Å². The third-order valence-corrected chi connectivity index (χ3v) is 4.85. The van der Waals surface area contributed by atoms with Crippen molar-refractivity contribution < 1.29 is 13.9 Å². The second-order valence-corrected chi connectivity index (χ2v) is 6.87. The Balaban J connectivity index is 1.62. The van der Waals surface area contributed by atoms with Crippen LogP contribution in [0.1, 0.15) is 15.9 Å². The van der Waals surface area contributed by atoms with Crippen LogP contribution < -0.4 is 15.6 Å². The van der Waals surface area contributed by atoms with E-state index in [2.05, 4.69) is 22.4 Å². The van der Waals surface area contributed by atoms with Crippen LogP contribution in [0.25, 0.3) is 27.9 Å². The fraction of sp³-hybridized carbons (Fsp3) is 0.0400. The zero-order chi connectivity index (χ0) is 21.8. The van der Waals surface area contributed by atoms with E-state index < -0.39 is 0 Å². The van der Waals surface area contributed by atoms with Gasteiger partial charge in [-0.1, -0.05) is 36.9 Å². The molecule has 3 aromatic carbocycles. The van der Waals surface area contributed by atoms with E-state index in [1.165, 1.54) is 12.1 Å². The molecular weight excluding hydrogens is 393 g/mol. The Morgan fingerprint density at radius 1 is 0.968 bits per heavy atom. The molecule has 0 aliphatic rings. The second kappa shape index (κ2) is 8.67. The Kier molecular flexibility index (Phi) is 5.62. The van der Waals surface area contributed by atoms with Gasteiger partial charge in [0.1, 0.15) is 11.6 Å². The first-order valence-corrected chi connectivity index (χ1v) is 9.60. The molecule has 2 N–H and O–H groups in total. The van der Waals surface area contributed by atoms with Crippen molar-refractivity contribution in [3.63, 3.8) is 0 Å². The van der Waals surface area contributed by atoms with Crippen LogP contribution in [0.15, 0.2) is 85.4 Å². The van der Waals surface area contributed by atoms with Crippen molar-refractivity contribution >= 4 is 22.5 Å². The lowest BCUT2D eigenvalue weighted by atomic mass is 10.0. The van der Waals surface area contributed by atoms with Crippen LogP contribution in [0.5, 0.6) is 5.75 Å². The van der Waals surface area contributed by atoms with E-state index in [-0.39, 0.29) is 11.7 Å². The van der Waals surface area contributed by atoms with Gasteiger partial charge in [0.05, 0.1) is 29.6 Å². The molecule has 0 aliphatic heterocycles. The number of fused-ring (bicyclic) bond motifs is 1. The Labute approximate surface area is 179 Å². The molecule has 0 saturated carbocycles. The normalized spacial score (nSPS) is 10.5. The van der Waals surface area contributed by atoms with Crippen molar-refractivity contribution in [3.05, 3.63) is 102 Å². The van der Waals surface area contributed by atoms with Gasteiger partial charge in [-0.15, -0.1) is 0 Å². The highest BCUT2D eigenvalue weighted by Crippen LogP contribution is 2.25. The van der Waals surface area contributed by atoms with Gasteiger partial charge in [0, 0.05) is 16.5 Å². The Morgan fingerprint density at radius 2 is 1.74 bits per heavy atom. The third-order valence-electron chi connectivity index (χ3n) is 4.85. The predicted octanol–water partition coefficient (Wildman–Crippen LogP) is 4.95. The van der Waals surface area contributed by atoms with E-state index in [0.717, 1.165) is 11.1 Å². The highest BCUT2D eigenvalue weighted by atomic mass is 19.1. The van der Waals surface area contributed by atoms with Crippen LogP contribution in [-0.2, 0) is 0 Å². The summed E-state index contributed by atoms with van der Waals surface area (Å²) in [5.74, 6) is 0.0182. The molecule has 6 heteroatoms. The second-order valence-electron chi connectivity index (χ2n) is 6.87. The number of nitrogens with one attached hydrogen (secondary N) is 2. The van der Waals surface area contributed by atoms with Gasteiger partial charge in [0.25, 0.3) is 5.91 Å². The first-order chi connectivity index (χ1) is 15.0. The molecule has 4 rings (SSSR count). The minimum Gasteiger partial charge on any atom is -0.497 e. The van der Waals surface area contributed by atoms with Crippen LogP contribution in [0, 0.1) is 5.82 Å². The zero-order valence-corrected chi connectivity index (χ0v) is 16.9. The Hall–Kier alpha value is -4.19. The number of aromatic nitrogens is 1. The van der Waals surface area contributed by atoms with E-state index in [4.69, 9.17) is 4.74 Å². The smallest absolute Gasteiger partial charge is 0.270 e. The van der Waals surface area contributed by atoms with Crippen molar-refractivity contribution in [2.24, 2.45) is 0 Å². The molecule has 0 saturated heterocycles. The molecule has 4 aromatic rings. The van der Waals surface area contributed by atoms with E-state index in [1.807, 2.05) is 48.5 Å². The number of benzene rings is 3. The highest BCUT2D eigenvalue weighted by molar-refractivity contribution is 6.07. The van der Waals surface area contributed by atoms with Gasteiger partial charge < -0.3 is 4.74 Å². The Morgan fingerprint density at radius 3 is 2.52 bits per heavy atom. The van der Waals surface area contributed by atoms with Gasteiger partial charge >= 0.3 is 0 Å². The summed E-state index contributed by atoms with van der Waals surface area (Å²) in [6, 6.07) is 22.4. The van der Waals surface area contributed by atoms with Gasteiger partial charge in [0.15, 0.2) is 0 Å². The van der Waals surface area contributed by atoms with Gasteiger partial charge in [-0.2, -0.15) is 0 Å². The largest absolute Gasteiger partial charge is 0.497 e. The van der Waals surface area contributed by atoms with Gasteiger partial charge in [-0.05, 0) is 48.5 Å². The molecule has 154 valence electrons. The highest BCUT2D eigenvalue weighted by Gasteiger charge is 2.14. The number of para-hydroxylation sites is 1. The number of hydrogen-bond acceptors (Lipinski definition) is 4. The quantitative estimate of drug-likeness (QED) is 0.439. The van der Waals surface area contributed by atoms with E-state index >= 15 is 0 Å². The molecule has 5 nitrogen and oxygen atoms in total. The third kappa shape index (κ3) is 4.38. The number of halogens is 1. The molecule has 1 amide bonds. The van der Waals surface area contributed by atoms with Crippen molar-refractivity contribution in [1.29, 1.82) is 0 Å². The van der Waals surface area contributed by atoms with Gasteiger partial charge in [-0.25, -0.2) is 9.37 Å². The average Bonchev–Trinajstić information content (AvgIpc) is 2.82. The molecule has 1 heterocycles. The summed E-state index contributed by atoms with van der Waals surface area (Å²) in [6.07, 6.45) is 0. The molecule has 0 aliphatic carbocycles. The number of nitrogens with zero attached hydrogens (tertiary/aromatic N) is 1. The number of rotatable bonds is 6. The van der Waals surface area contributed by atoms with E-state index in [9.17, 15) is 9.18 Å². The SMILES string of the molecule is C=C(NNC(=O)c1cc(-c2ccc(F)cc2)nc2ccccc12)c1cccc(OC)c1. The lowest BCUT2D eigenvalue weighted by Gasteiger charge is -2.14. The van der Waals surface area contributed by atoms with E-state index in [1.54, 1.807) is 25.3 Å². The number of hydrogen-bond donors (Lipinski definition) is 2. The molecule has 0 unspecified atom stereocenters. The summed E-state index contributed by atoms with van der Waals surface area (Å²) in [7, 11) is 1.59. The minimum absolute atomic E-state index is 0.331.